The molecule has 0 unspecified atom stereocenters. The minimum absolute atomic E-state index is 0.169. The van der Waals surface area contributed by atoms with Crippen LogP contribution in [0.1, 0.15) is 47.5 Å². The van der Waals surface area contributed by atoms with Gasteiger partial charge in [-0.15, -0.1) is 0 Å². The average Bonchev–Trinajstić information content (AvgIpc) is 2.81. The predicted octanol–water partition coefficient (Wildman–Crippen LogP) is 2.13. The third kappa shape index (κ3) is 4.23. The number of likely N-dealkylation sites (tertiary alicyclic amines) is 1. The molecule has 26 heavy (non-hydrogen) atoms. The summed E-state index contributed by atoms with van der Waals surface area (Å²) in [4.78, 5) is 22.4. The van der Waals surface area contributed by atoms with Gasteiger partial charge in [-0.25, -0.2) is 9.97 Å². The molecule has 0 radical (unpaired) electrons. The molecule has 3 rings (SSSR count). The van der Waals surface area contributed by atoms with Gasteiger partial charge in [0.15, 0.2) is 5.16 Å². The summed E-state index contributed by atoms with van der Waals surface area (Å²) in [7, 11) is -0.429. The SMILES string of the molecule is CC(=O)N1CCC[C@@H](CSc2ncc(B3OC(C)(C)C(C)(C)O3)cn2)C1. The zero-order chi connectivity index (χ0) is 18.9. The van der Waals surface area contributed by atoms with Crippen LogP contribution in [-0.4, -0.2) is 57.9 Å². The van der Waals surface area contributed by atoms with Crippen LogP contribution in [-0.2, 0) is 14.1 Å². The first-order valence-electron chi connectivity index (χ1n) is 9.24. The average molecular weight is 377 g/mol. The first-order chi connectivity index (χ1) is 12.2. The van der Waals surface area contributed by atoms with Gasteiger partial charge in [-0.2, -0.15) is 0 Å². The molecule has 6 nitrogen and oxygen atoms in total. The van der Waals surface area contributed by atoms with Crippen molar-refractivity contribution in [1.29, 1.82) is 0 Å². The lowest BCUT2D eigenvalue weighted by Gasteiger charge is -2.32. The predicted molar refractivity (Wildman–Crippen MR) is 103 cm³/mol. The molecule has 1 atom stereocenters. The highest BCUT2D eigenvalue weighted by atomic mass is 32.2. The van der Waals surface area contributed by atoms with Gasteiger partial charge in [-0.3, -0.25) is 4.79 Å². The molecule has 0 aromatic carbocycles. The van der Waals surface area contributed by atoms with E-state index in [0.29, 0.717) is 5.92 Å². The molecule has 0 spiro atoms. The fourth-order valence-electron chi connectivity index (χ4n) is 3.18. The highest BCUT2D eigenvalue weighted by Gasteiger charge is 2.51. The molecular formula is C18H28BN3O3S. The van der Waals surface area contributed by atoms with E-state index >= 15 is 0 Å². The first-order valence-corrected chi connectivity index (χ1v) is 10.2. The Morgan fingerprint density at radius 1 is 1.27 bits per heavy atom. The van der Waals surface area contributed by atoms with E-state index in [9.17, 15) is 4.79 Å². The van der Waals surface area contributed by atoms with Gasteiger partial charge in [0.25, 0.3) is 0 Å². The maximum absolute atomic E-state index is 11.5. The number of rotatable bonds is 4. The van der Waals surface area contributed by atoms with Crippen molar-refractivity contribution in [2.75, 3.05) is 18.8 Å². The standard InChI is InChI=1S/C18H28BN3O3S/c1-13(23)22-8-6-7-14(11-22)12-26-16-20-9-15(10-21-16)19-24-17(2,3)18(4,5)25-19/h9-10,14H,6-8,11-12H2,1-5H3/t14-/m1/s1. The summed E-state index contributed by atoms with van der Waals surface area (Å²) in [5.41, 5.74) is 0.108. The fourth-order valence-corrected chi connectivity index (χ4v) is 4.09. The van der Waals surface area contributed by atoms with Gasteiger partial charge in [0, 0.05) is 43.6 Å². The molecule has 2 aliphatic heterocycles. The van der Waals surface area contributed by atoms with Crippen molar-refractivity contribution in [2.24, 2.45) is 5.92 Å². The number of aromatic nitrogens is 2. The number of hydrogen-bond donors (Lipinski definition) is 0. The summed E-state index contributed by atoms with van der Waals surface area (Å²) >= 11 is 1.65. The van der Waals surface area contributed by atoms with Gasteiger partial charge in [-0.1, -0.05) is 11.8 Å². The Morgan fingerprint density at radius 2 is 1.88 bits per heavy atom. The van der Waals surface area contributed by atoms with E-state index in [-0.39, 0.29) is 17.1 Å². The summed E-state index contributed by atoms with van der Waals surface area (Å²) < 4.78 is 12.1. The number of hydrogen-bond acceptors (Lipinski definition) is 6. The number of piperidine rings is 1. The maximum atomic E-state index is 11.5. The van der Waals surface area contributed by atoms with Crippen LogP contribution in [0.4, 0.5) is 0 Å². The summed E-state index contributed by atoms with van der Waals surface area (Å²) in [5, 5.41) is 0.755. The van der Waals surface area contributed by atoms with Crippen molar-refractivity contribution < 1.29 is 14.1 Å². The van der Waals surface area contributed by atoms with E-state index in [4.69, 9.17) is 9.31 Å². The van der Waals surface area contributed by atoms with Crippen LogP contribution in [0, 0.1) is 5.92 Å². The second-order valence-corrected chi connectivity index (χ2v) is 9.16. The second-order valence-electron chi connectivity index (χ2n) is 8.17. The summed E-state index contributed by atoms with van der Waals surface area (Å²) in [5.74, 6) is 1.60. The van der Waals surface area contributed by atoms with Crippen LogP contribution in [0.15, 0.2) is 17.6 Å². The van der Waals surface area contributed by atoms with Crippen LogP contribution < -0.4 is 5.46 Å². The van der Waals surface area contributed by atoms with E-state index in [1.807, 2.05) is 32.6 Å². The molecule has 0 bridgehead atoms. The van der Waals surface area contributed by atoms with Gasteiger partial charge >= 0.3 is 7.12 Å². The number of carbonyl (C=O) groups excluding carboxylic acids is 1. The minimum atomic E-state index is -0.429. The van der Waals surface area contributed by atoms with Gasteiger partial charge < -0.3 is 14.2 Å². The Kier molecular flexibility index (Phi) is 5.65. The second kappa shape index (κ2) is 7.48. The lowest BCUT2D eigenvalue weighted by atomic mass is 9.81. The molecule has 2 aliphatic rings. The van der Waals surface area contributed by atoms with Gasteiger partial charge in [-0.05, 0) is 46.5 Å². The summed E-state index contributed by atoms with van der Waals surface area (Å²) in [6, 6.07) is 0. The van der Waals surface area contributed by atoms with Crippen molar-refractivity contribution in [1.82, 2.24) is 14.9 Å². The fraction of sp³-hybridized carbons (Fsp3) is 0.722. The van der Waals surface area contributed by atoms with Gasteiger partial charge in [0.05, 0.1) is 11.2 Å². The minimum Gasteiger partial charge on any atom is -0.399 e. The molecule has 1 aromatic rings. The van der Waals surface area contributed by atoms with Crippen molar-refractivity contribution in [2.45, 2.75) is 63.8 Å². The van der Waals surface area contributed by atoms with Crippen molar-refractivity contribution in [3.8, 4) is 0 Å². The van der Waals surface area contributed by atoms with Crippen LogP contribution >= 0.6 is 11.8 Å². The molecule has 0 saturated carbocycles. The Balaban J connectivity index is 1.55. The first kappa shape index (κ1) is 19.6. The molecular weight excluding hydrogens is 349 g/mol. The van der Waals surface area contributed by atoms with E-state index in [2.05, 4.69) is 9.97 Å². The molecule has 3 heterocycles. The van der Waals surface area contributed by atoms with E-state index in [1.54, 1.807) is 31.1 Å². The Hall–Kier alpha value is -1.12. The number of carbonyl (C=O) groups is 1. The molecule has 1 aromatic heterocycles. The van der Waals surface area contributed by atoms with Crippen LogP contribution in [0.5, 0.6) is 0 Å². The van der Waals surface area contributed by atoms with E-state index in [0.717, 1.165) is 42.3 Å². The number of amides is 1. The van der Waals surface area contributed by atoms with Gasteiger partial charge in [0.1, 0.15) is 0 Å². The topological polar surface area (TPSA) is 64.6 Å². The van der Waals surface area contributed by atoms with Gasteiger partial charge in [0.2, 0.25) is 5.91 Å². The van der Waals surface area contributed by atoms with Crippen LogP contribution in [0.25, 0.3) is 0 Å². The van der Waals surface area contributed by atoms with E-state index in [1.165, 1.54) is 0 Å². The number of nitrogens with zero attached hydrogens (tertiary/aromatic N) is 3. The monoisotopic (exact) mass is 377 g/mol. The normalized spacial score (nSPS) is 24.7. The quantitative estimate of drug-likeness (QED) is 0.455. The molecule has 0 aliphatic carbocycles. The van der Waals surface area contributed by atoms with Crippen molar-refractivity contribution >= 4 is 30.3 Å². The molecule has 2 fully saturated rings. The van der Waals surface area contributed by atoms with E-state index < -0.39 is 7.12 Å². The van der Waals surface area contributed by atoms with Crippen LogP contribution in [0.3, 0.4) is 0 Å². The lowest BCUT2D eigenvalue weighted by molar-refractivity contribution is -0.130. The third-order valence-electron chi connectivity index (χ3n) is 5.59. The highest BCUT2D eigenvalue weighted by Crippen LogP contribution is 2.36. The van der Waals surface area contributed by atoms with Crippen molar-refractivity contribution in [3.05, 3.63) is 12.4 Å². The third-order valence-corrected chi connectivity index (χ3v) is 6.69. The molecule has 0 N–H and O–H groups in total. The lowest BCUT2D eigenvalue weighted by Crippen LogP contribution is -2.41. The molecule has 142 valence electrons. The number of thioether (sulfide) groups is 1. The Bertz CT molecular complexity index is 638. The highest BCUT2D eigenvalue weighted by molar-refractivity contribution is 7.99. The summed E-state index contributed by atoms with van der Waals surface area (Å²) in [6.45, 7) is 11.5. The Labute approximate surface area is 160 Å². The smallest absolute Gasteiger partial charge is 0.399 e. The maximum Gasteiger partial charge on any atom is 0.498 e. The zero-order valence-corrected chi connectivity index (χ0v) is 17.1. The summed E-state index contributed by atoms with van der Waals surface area (Å²) in [6.07, 6.45) is 5.82. The molecule has 8 heteroatoms. The molecule has 2 saturated heterocycles. The van der Waals surface area contributed by atoms with Crippen LogP contribution in [0.2, 0.25) is 0 Å². The zero-order valence-electron chi connectivity index (χ0n) is 16.3. The van der Waals surface area contributed by atoms with Crippen molar-refractivity contribution in [3.63, 3.8) is 0 Å². The molecule has 1 amide bonds. The Morgan fingerprint density at radius 3 is 2.46 bits per heavy atom. The largest absolute Gasteiger partial charge is 0.498 e.